The lowest BCUT2D eigenvalue weighted by molar-refractivity contribution is -0.114. The summed E-state index contributed by atoms with van der Waals surface area (Å²) in [6.07, 6.45) is 8.53. The number of benzene rings is 2. The van der Waals surface area contributed by atoms with Gasteiger partial charge in [-0.3, -0.25) is 4.79 Å². The summed E-state index contributed by atoms with van der Waals surface area (Å²) >= 11 is 0. The number of carbonyl (C=O) groups excluding carboxylic acids is 2. The van der Waals surface area contributed by atoms with Gasteiger partial charge in [-0.05, 0) is 36.1 Å². The molecule has 0 amide bonds. The maximum absolute atomic E-state index is 12.9. The normalized spacial score (nSPS) is 20.5. The number of esters is 1. The van der Waals surface area contributed by atoms with Crippen LogP contribution in [0.4, 0.5) is 0 Å². The number of phenols is 2. The molecule has 0 saturated heterocycles. The molecule has 2 N–H and O–H groups in total. The Morgan fingerprint density at radius 1 is 0.929 bits per heavy atom. The fourth-order valence-electron chi connectivity index (χ4n) is 3.14. The Morgan fingerprint density at radius 2 is 1.68 bits per heavy atom. The van der Waals surface area contributed by atoms with Gasteiger partial charge in [0.1, 0.15) is 23.2 Å². The molecule has 2 aromatic rings. The van der Waals surface area contributed by atoms with Crippen LogP contribution in [0, 0.1) is 0 Å². The van der Waals surface area contributed by atoms with Crippen LogP contribution in [0.25, 0.3) is 0 Å². The number of carbonyl (C=O) groups is 2. The highest BCUT2D eigenvalue weighted by Gasteiger charge is 2.24. The number of allylic oxidation sites excluding steroid dienone is 3. The molecule has 28 heavy (non-hydrogen) atoms. The van der Waals surface area contributed by atoms with Crippen molar-refractivity contribution in [3.8, 4) is 11.5 Å². The highest BCUT2D eigenvalue weighted by molar-refractivity contribution is 5.98. The highest BCUT2D eigenvalue weighted by Crippen LogP contribution is 2.31. The minimum Gasteiger partial charge on any atom is -0.508 e. The monoisotopic (exact) mass is 378 g/mol. The minimum absolute atomic E-state index is 0.0958. The van der Waals surface area contributed by atoms with E-state index in [1.165, 1.54) is 12.1 Å². The maximum Gasteiger partial charge on any atom is 0.342 e. The van der Waals surface area contributed by atoms with Gasteiger partial charge in [0.25, 0.3) is 0 Å². The van der Waals surface area contributed by atoms with Crippen molar-refractivity contribution in [2.75, 3.05) is 0 Å². The van der Waals surface area contributed by atoms with E-state index in [2.05, 4.69) is 0 Å². The van der Waals surface area contributed by atoms with Crippen LogP contribution < -0.4 is 0 Å². The van der Waals surface area contributed by atoms with Crippen LogP contribution in [0.5, 0.6) is 11.5 Å². The van der Waals surface area contributed by atoms with Crippen LogP contribution in [0.2, 0.25) is 0 Å². The first-order valence-electron chi connectivity index (χ1n) is 9.19. The second-order valence-corrected chi connectivity index (χ2v) is 6.63. The smallest absolute Gasteiger partial charge is 0.342 e. The number of cyclic esters (lactones) is 1. The standard InChI is InChI=1S/C23H22O5/c24-18-11-7-2-1-3-8-12-21(16-9-5-4-6-10-16)28-23(27)22-17(13-18)14-19(25)15-20(22)26/h3-11,14-15,21,25-26H,1-2,12-13H2/b8-3+,11-7+. The first-order valence-corrected chi connectivity index (χ1v) is 9.19. The van der Waals surface area contributed by atoms with Crippen LogP contribution in [0.1, 0.15) is 46.9 Å². The van der Waals surface area contributed by atoms with Gasteiger partial charge in [0, 0.05) is 18.9 Å². The molecule has 0 fully saturated rings. The first kappa shape index (κ1) is 19.4. The van der Waals surface area contributed by atoms with E-state index < -0.39 is 17.8 Å². The predicted molar refractivity (Wildman–Crippen MR) is 105 cm³/mol. The van der Waals surface area contributed by atoms with Crippen molar-refractivity contribution < 1.29 is 24.5 Å². The first-order chi connectivity index (χ1) is 13.5. The van der Waals surface area contributed by atoms with Gasteiger partial charge in [0.05, 0.1) is 0 Å². The lowest BCUT2D eigenvalue weighted by atomic mass is 9.99. The Morgan fingerprint density at radius 3 is 2.46 bits per heavy atom. The fraction of sp³-hybridized carbons (Fsp3) is 0.217. The Bertz CT molecular complexity index is 912. The molecule has 1 heterocycles. The van der Waals surface area contributed by atoms with Gasteiger partial charge in [-0.2, -0.15) is 0 Å². The molecule has 144 valence electrons. The van der Waals surface area contributed by atoms with Crippen LogP contribution in [0.15, 0.2) is 66.8 Å². The number of phenolic OH excluding ortho intramolecular Hbond substituents is 2. The van der Waals surface area contributed by atoms with Crippen molar-refractivity contribution in [2.24, 2.45) is 0 Å². The average Bonchev–Trinajstić information content (AvgIpc) is 2.65. The number of ether oxygens (including phenoxy) is 1. The van der Waals surface area contributed by atoms with Crippen molar-refractivity contribution in [3.63, 3.8) is 0 Å². The van der Waals surface area contributed by atoms with Gasteiger partial charge in [0.2, 0.25) is 0 Å². The molecule has 0 spiro atoms. The zero-order valence-electron chi connectivity index (χ0n) is 15.4. The van der Waals surface area contributed by atoms with E-state index in [9.17, 15) is 19.8 Å². The molecule has 0 radical (unpaired) electrons. The second kappa shape index (κ2) is 9.04. The molecule has 2 aromatic carbocycles. The molecule has 5 nitrogen and oxygen atoms in total. The van der Waals surface area contributed by atoms with E-state index in [0.717, 1.165) is 24.5 Å². The lowest BCUT2D eigenvalue weighted by Gasteiger charge is -2.19. The summed E-state index contributed by atoms with van der Waals surface area (Å²) in [7, 11) is 0. The predicted octanol–water partition coefficient (Wildman–Crippen LogP) is 4.40. The molecule has 1 unspecified atom stereocenters. The zero-order chi connectivity index (χ0) is 19.9. The summed E-state index contributed by atoms with van der Waals surface area (Å²) in [5.74, 6) is -1.58. The van der Waals surface area contributed by atoms with E-state index >= 15 is 0 Å². The van der Waals surface area contributed by atoms with E-state index in [4.69, 9.17) is 4.74 Å². The van der Waals surface area contributed by atoms with Gasteiger partial charge in [-0.15, -0.1) is 0 Å². The van der Waals surface area contributed by atoms with Crippen molar-refractivity contribution in [1.82, 2.24) is 0 Å². The van der Waals surface area contributed by atoms with Gasteiger partial charge in [-0.1, -0.05) is 48.6 Å². The van der Waals surface area contributed by atoms with E-state index in [1.807, 2.05) is 42.5 Å². The lowest BCUT2D eigenvalue weighted by Crippen LogP contribution is -2.15. The highest BCUT2D eigenvalue weighted by atomic mass is 16.5. The second-order valence-electron chi connectivity index (χ2n) is 6.63. The van der Waals surface area contributed by atoms with Gasteiger partial charge in [0.15, 0.2) is 5.78 Å². The van der Waals surface area contributed by atoms with Crippen LogP contribution >= 0.6 is 0 Å². The van der Waals surface area contributed by atoms with E-state index in [-0.39, 0.29) is 29.1 Å². The number of ketones is 1. The van der Waals surface area contributed by atoms with Gasteiger partial charge < -0.3 is 14.9 Å². The van der Waals surface area contributed by atoms with E-state index in [1.54, 1.807) is 6.08 Å². The quantitative estimate of drug-likeness (QED) is 0.567. The summed E-state index contributed by atoms with van der Waals surface area (Å²) in [6, 6.07) is 11.7. The third-order valence-electron chi connectivity index (χ3n) is 4.49. The molecule has 1 aliphatic heterocycles. The number of aromatic hydroxyl groups is 2. The number of rotatable bonds is 1. The van der Waals surface area contributed by atoms with E-state index in [0.29, 0.717) is 6.42 Å². The molecule has 5 heteroatoms. The molecule has 3 rings (SSSR count). The molecular weight excluding hydrogens is 356 g/mol. The average molecular weight is 378 g/mol. The Balaban J connectivity index is 2.01. The molecule has 1 aliphatic rings. The summed E-state index contributed by atoms with van der Waals surface area (Å²) < 4.78 is 5.70. The SMILES string of the molecule is O=C1/C=C/CC/C=C/CC(c2ccccc2)OC(=O)c2c(O)cc(O)cc2C1. The van der Waals surface area contributed by atoms with Gasteiger partial charge in [-0.25, -0.2) is 4.79 Å². The molecule has 0 aromatic heterocycles. The van der Waals surface area contributed by atoms with Crippen LogP contribution in [-0.2, 0) is 16.0 Å². The molecule has 0 aliphatic carbocycles. The minimum atomic E-state index is -0.733. The number of fused-ring (bicyclic) bond motifs is 1. The molecule has 0 saturated carbocycles. The zero-order valence-corrected chi connectivity index (χ0v) is 15.4. The number of hydrogen-bond donors (Lipinski definition) is 2. The Kier molecular flexibility index (Phi) is 6.27. The topological polar surface area (TPSA) is 83.8 Å². The third kappa shape index (κ3) is 4.88. The third-order valence-corrected chi connectivity index (χ3v) is 4.49. The molecule has 0 bridgehead atoms. The van der Waals surface area contributed by atoms with Crippen LogP contribution in [0.3, 0.4) is 0 Å². The van der Waals surface area contributed by atoms with Crippen molar-refractivity contribution >= 4 is 11.8 Å². The van der Waals surface area contributed by atoms with Crippen LogP contribution in [-0.4, -0.2) is 22.0 Å². The van der Waals surface area contributed by atoms with Gasteiger partial charge >= 0.3 is 5.97 Å². The summed E-state index contributed by atoms with van der Waals surface area (Å²) in [6.45, 7) is 0. The molecular formula is C23H22O5. The molecule has 1 atom stereocenters. The maximum atomic E-state index is 12.9. The van der Waals surface area contributed by atoms with Crippen molar-refractivity contribution in [2.45, 2.75) is 31.8 Å². The summed E-state index contributed by atoms with van der Waals surface area (Å²) in [4.78, 5) is 25.1. The Labute approximate surface area is 163 Å². The van der Waals surface area contributed by atoms with Crippen molar-refractivity contribution in [1.29, 1.82) is 0 Å². The summed E-state index contributed by atoms with van der Waals surface area (Å²) in [5, 5.41) is 20.0. The summed E-state index contributed by atoms with van der Waals surface area (Å²) in [5.41, 5.74) is 0.974. The number of hydrogen-bond acceptors (Lipinski definition) is 5. The van der Waals surface area contributed by atoms with Crippen molar-refractivity contribution in [3.05, 3.63) is 83.5 Å². The Hall–Kier alpha value is -3.34. The largest absolute Gasteiger partial charge is 0.508 e. The fourth-order valence-corrected chi connectivity index (χ4v) is 3.14.